The van der Waals surface area contributed by atoms with Crippen LogP contribution in [0.5, 0.6) is 0 Å². The summed E-state index contributed by atoms with van der Waals surface area (Å²) in [6.07, 6.45) is 0.106. The van der Waals surface area contributed by atoms with E-state index in [1.165, 1.54) is 6.07 Å². The monoisotopic (exact) mass is 455 g/mol. The summed E-state index contributed by atoms with van der Waals surface area (Å²) in [5.74, 6) is 0. The van der Waals surface area contributed by atoms with E-state index in [1.54, 1.807) is 12.5 Å². The van der Waals surface area contributed by atoms with Gasteiger partial charge in [-0.3, -0.25) is 4.98 Å². The van der Waals surface area contributed by atoms with Crippen LogP contribution in [-0.2, 0) is 11.7 Å². The van der Waals surface area contributed by atoms with E-state index in [4.69, 9.17) is 0 Å². The fraction of sp³-hybridized carbons (Fsp3) is 0.0714. The van der Waals surface area contributed by atoms with Crippen molar-refractivity contribution in [2.75, 3.05) is 0 Å². The zero-order chi connectivity index (χ0) is 23.6. The van der Waals surface area contributed by atoms with Gasteiger partial charge in [-0.1, -0.05) is 91.0 Å². The van der Waals surface area contributed by atoms with Gasteiger partial charge in [0.05, 0.1) is 12.0 Å². The SMILES string of the molecule is FC(F)(F)c1cc(-c2cn(C(c3ccccc3)(c3ccccc3)c3ccccc3)cn2)ccn1. The summed E-state index contributed by atoms with van der Waals surface area (Å²) in [7, 11) is 0. The van der Waals surface area contributed by atoms with Gasteiger partial charge in [-0.15, -0.1) is 0 Å². The highest BCUT2D eigenvalue weighted by Gasteiger charge is 2.38. The largest absolute Gasteiger partial charge is 0.433 e. The maximum atomic E-state index is 13.3. The van der Waals surface area contributed by atoms with Crippen LogP contribution in [0.1, 0.15) is 22.4 Å². The van der Waals surface area contributed by atoms with Gasteiger partial charge in [0.2, 0.25) is 0 Å². The fourth-order valence-electron chi connectivity index (χ4n) is 4.39. The maximum absolute atomic E-state index is 13.3. The minimum absolute atomic E-state index is 0.351. The lowest BCUT2D eigenvalue weighted by Gasteiger charge is -2.37. The van der Waals surface area contributed by atoms with Crippen LogP contribution >= 0.6 is 0 Å². The van der Waals surface area contributed by atoms with Crippen molar-refractivity contribution >= 4 is 0 Å². The van der Waals surface area contributed by atoms with E-state index in [9.17, 15) is 13.2 Å². The molecule has 0 aliphatic carbocycles. The lowest BCUT2D eigenvalue weighted by atomic mass is 9.77. The van der Waals surface area contributed by atoms with Crippen LogP contribution in [0.25, 0.3) is 11.3 Å². The summed E-state index contributed by atoms with van der Waals surface area (Å²) in [6.45, 7) is 0. The first-order valence-electron chi connectivity index (χ1n) is 10.7. The molecule has 0 saturated carbocycles. The van der Waals surface area contributed by atoms with Crippen LogP contribution in [-0.4, -0.2) is 14.5 Å². The third-order valence-corrected chi connectivity index (χ3v) is 5.89. The molecule has 3 nitrogen and oxygen atoms in total. The quantitative estimate of drug-likeness (QED) is 0.273. The third-order valence-electron chi connectivity index (χ3n) is 5.89. The van der Waals surface area contributed by atoms with Crippen LogP contribution in [0, 0.1) is 0 Å². The van der Waals surface area contributed by atoms with Crippen molar-refractivity contribution in [3.63, 3.8) is 0 Å². The lowest BCUT2D eigenvalue weighted by molar-refractivity contribution is -0.141. The predicted octanol–water partition coefficient (Wildman–Crippen LogP) is 6.80. The smallest absolute Gasteiger partial charge is 0.318 e. The molecule has 2 aromatic heterocycles. The highest BCUT2D eigenvalue weighted by Crippen LogP contribution is 2.41. The topological polar surface area (TPSA) is 30.7 Å². The van der Waals surface area contributed by atoms with Gasteiger partial charge < -0.3 is 4.57 Å². The zero-order valence-electron chi connectivity index (χ0n) is 18.0. The molecule has 0 radical (unpaired) electrons. The van der Waals surface area contributed by atoms with Gasteiger partial charge >= 0.3 is 6.18 Å². The van der Waals surface area contributed by atoms with E-state index in [2.05, 4.69) is 9.97 Å². The second-order valence-corrected chi connectivity index (χ2v) is 7.90. The minimum atomic E-state index is -4.53. The number of nitrogens with zero attached hydrogens (tertiary/aromatic N) is 3. The summed E-state index contributed by atoms with van der Waals surface area (Å²) < 4.78 is 41.7. The first-order chi connectivity index (χ1) is 16.5. The first-order valence-corrected chi connectivity index (χ1v) is 10.7. The number of aromatic nitrogens is 3. The van der Waals surface area contributed by atoms with Crippen LogP contribution < -0.4 is 0 Å². The van der Waals surface area contributed by atoms with Gasteiger partial charge in [-0.05, 0) is 28.8 Å². The van der Waals surface area contributed by atoms with E-state index in [0.29, 0.717) is 11.3 Å². The summed E-state index contributed by atoms with van der Waals surface area (Å²) in [4.78, 5) is 7.99. The van der Waals surface area contributed by atoms with E-state index in [0.717, 1.165) is 29.0 Å². The van der Waals surface area contributed by atoms with Gasteiger partial charge in [0.1, 0.15) is 11.2 Å². The molecule has 0 fully saturated rings. The number of hydrogen-bond donors (Lipinski definition) is 0. The second kappa shape index (κ2) is 8.63. The van der Waals surface area contributed by atoms with Crippen molar-refractivity contribution in [3.05, 3.63) is 144 Å². The third kappa shape index (κ3) is 3.77. The Morgan fingerprint density at radius 2 is 1.12 bits per heavy atom. The molecule has 168 valence electrons. The van der Waals surface area contributed by atoms with Gasteiger partial charge in [0.15, 0.2) is 0 Å². The molecule has 0 unspecified atom stereocenters. The minimum Gasteiger partial charge on any atom is -0.318 e. The Morgan fingerprint density at radius 1 is 0.618 bits per heavy atom. The molecule has 0 aliphatic heterocycles. The number of imidazole rings is 1. The van der Waals surface area contributed by atoms with Crippen molar-refractivity contribution in [3.8, 4) is 11.3 Å². The van der Waals surface area contributed by atoms with Gasteiger partial charge in [0.25, 0.3) is 0 Å². The van der Waals surface area contributed by atoms with Crippen LogP contribution in [0.4, 0.5) is 13.2 Å². The second-order valence-electron chi connectivity index (χ2n) is 7.90. The van der Waals surface area contributed by atoms with E-state index in [-0.39, 0.29) is 0 Å². The Hall–Kier alpha value is -4.19. The average Bonchev–Trinajstić information content (AvgIpc) is 3.37. The highest BCUT2D eigenvalue weighted by atomic mass is 19.4. The molecular weight excluding hydrogens is 435 g/mol. The molecule has 0 amide bonds. The molecular formula is C28H20F3N3. The average molecular weight is 455 g/mol. The molecule has 0 saturated heterocycles. The molecule has 5 aromatic rings. The predicted molar refractivity (Wildman–Crippen MR) is 125 cm³/mol. The first kappa shape index (κ1) is 21.6. The zero-order valence-corrected chi connectivity index (χ0v) is 18.0. The van der Waals surface area contributed by atoms with Crippen LogP contribution in [0.3, 0.4) is 0 Å². The molecule has 5 rings (SSSR count). The number of pyridine rings is 1. The Kier molecular flexibility index (Phi) is 5.49. The lowest BCUT2D eigenvalue weighted by Crippen LogP contribution is -2.36. The van der Waals surface area contributed by atoms with Crippen LogP contribution in [0.15, 0.2) is 122 Å². The van der Waals surface area contributed by atoms with E-state index < -0.39 is 17.4 Å². The Labute approximate surface area is 195 Å². The molecule has 0 spiro atoms. The Bertz CT molecular complexity index is 1280. The fourth-order valence-corrected chi connectivity index (χ4v) is 4.39. The van der Waals surface area contributed by atoms with Crippen molar-refractivity contribution in [1.29, 1.82) is 0 Å². The summed E-state index contributed by atoms with van der Waals surface area (Å²) in [5.41, 5.74) is 2.06. The van der Waals surface area contributed by atoms with Crippen molar-refractivity contribution < 1.29 is 13.2 Å². The number of halogens is 3. The van der Waals surface area contributed by atoms with E-state index >= 15 is 0 Å². The maximum Gasteiger partial charge on any atom is 0.433 e. The highest BCUT2D eigenvalue weighted by molar-refractivity contribution is 5.60. The van der Waals surface area contributed by atoms with E-state index in [1.807, 2.05) is 95.6 Å². The molecule has 6 heteroatoms. The summed E-state index contributed by atoms with van der Waals surface area (Å²) >= 11 is 0. The Balaban J connectivity index is 1.76. The normalized spacial score (nSPS) is 12.0. The standard InChI is InChI=1S/C28H20F3N3/c29-28(30,31)26-18-21(16-17-32-26)25-19-34(20-33-25)27(22-10-4-1-5-11-22,23-12-6-2-7-13-23)24-14-8-3-9-15-24/h1-20H. The van der Waals surface area contributed by atoms with Crippen molar-refractivity contribution in [2.45, 2.75) is 11.7 Å². The number of benzene rings is 3. The summed E-state index contributed by atoms with van der Waals surface area (Å²) in [5, 5.41) is 0. The molecule has 2 heterocycles. The number of rotatable bonds is 5. The molecule has 0 bridgehead atoms. The number of hydrogen-bond acceptors (Lipinski definition) is 2. The number of alkyl halides is 3. The van der Waals surface area contributed by atoms with Gasteiger partial charge in [-0.2, -0.15) is 13.2 Å². The van der Waals surface area contributed by atoms with Crippen molar-refractivity contribution in [2.24, 2.45) is 0 Å². The van der Waals surface area contributed by atoms with Gasteiger partial charge in [-0.25, -0.2) is 4.98 Å². The van der Waals surface area contributed by atoms with Crippen molar-refractivity contribution in [1.82, 2.24) is 14.5 Å². The van der Waals surface area contributed by atoms with Gasteiger partial charge in [0, 0.05) is 18.0 Å². The molecule has 0 aliphatic rings. The Morgan fingerprint density at radius 3 is 1.59 bits per heavy atom. The molecule has 34 heavy (non-hydrogen) atoms. The summed E-state index contributed by atoms with van der Waals surface area (Å²) in [6, 6.07) is 32.6. The molecule has 0 N–H and O–H groups in total. The molecule has 3 aromatic carbocycles. The van der Waals surface area contributed by atoms with Crippen LogP contribution in [0.2, 0.25) is 0 Å². The molecule has 0 atom stereocenters.